The fourth-order valence-electron chi connectivity index (χ4n) is 3.48. The SMILES string of the molecule is CCCCOc1ccc(C(=O)N2CCN(c3nnc(-c4cccs4)s3)CC2)cc1OCC. The number of rotatable bonds is 9. The van der Waals surface area contributed by atoms with E-state index in [9.17, 15) is 4.79 Å². The third kappa shape index (κ3) is 5.21. The minimum atomic E-state index is 0.0160. The first-order valence-electron chi connectivity index (χ1n) is 11.0. The molecule has 1 amide bonds. The summed E-state index contributed by atoms with van der Waals surface area (Å²) in [5, 5.41) is 12.6. The minimum Gasteiger partial charge on any atom is -0.490 e. The molecule has 3 aromatic rings. The third-order valence-electron chi connectivity index (χ3n) is 5.23. The minimum absolute atomic E-state index is 0.0160. The molecule has 0 unspecified atom stereocenters. The lowest BCUT2D eigenvalue weighted by atomic mass is 10.1. The number of hydrogen-bond acceptors (Lipinski definition) is 8. The number of benzene rings is 1. The second kappa shape index (κ2) is 10.8. The van der Waals surface area contributed by atoms with Crippen LogP contribution in [0.3, 0.4) is 0 Å². The number of anilines is 1. The Kier molecular flexibility index (Phi) is 7.59. The van der Waals surface area contributed by atoms with Crippen LogP contribution in [0.1, 0.15) is 37.0 Å². The summed E-state index contributed by atoms with van der Waals surface area (Å²) in [6.45, 7) is 7.99. The molecule has 9 heteroatoms. The number of amides is 1. The number of carbonyl (C=O) groups excluding carboxylic acids is 1. The molecule has 0 radical (unpaired) electrons. The van der Waals surface area contributed by atoms with Crippen molar-refractivity contribution in [2.45, 2.75) is 26.7 Å². The summed E-state index contributed by atoms with van der Waals surface area (Å²) in [7, 11) is 0. The number of unbranched alkanes of at least 4 members (excludes halogenated alkanes) is 1. The summed E-state index contributed by atoms with van der Waals surface area (Å²) in [6.07, 6.45) is 2.05. The van der Waals surface area contributed by atoms with Crippen molar-refractivity contribution in [3.63, 3.8) is 0 Å². The van der Waals surface area contributed by atoms with Crippen LogP contribution in [0.25, 0.3) is 9.88 Å². The molecule has 0 saturated carbocycles. The number of carbonyl (C=O) groups is 1. The van der Waals surface area contributed by atoms with Gasteiger partial charge >= 0.3 is 0 Å². The number of piperazine rings is 1. The lowest BCUT2D eigenvalue weighted by Crippen LogP contribution is -2.48. The molecule has 1 fully saturated rings. The first-order valence-corrected chi connectivity index (χ1v) is 12.7. The number of thiophene rings is 1. The van der Waals surface area contributed by atoms with E-state index in [-0.39, 0.29) is 5.91 Å². The molecule has 1 aromatic carbocycles. The van der Waals surface area contributed by atoms with Gasteiger partial charge < -0.3 is 19.3 Å². The Labute approximate surface area is 196 Å². The predicted octanol–water partition coefficient (Wildman–Crippen LogP) is 4.81. The Hall–Kier alpha value is -2.65. The van der Waals surface area contributed by atoms with Crippen molar-refractivity contribution >= 4 is 33.7 Å². The second-order valence-electron chi connectivity index (χ2n) is 7.44. The van der Waals surface area contributed by atoms with Gasteiger partial charge in [-0.25, -0.2) is 0 Å². The zero-order chi connectivity index (χ0) is 22.3. The first kappa shape index (κ1) is 22.5. The van der Waals surface area contributed by atoms with Gasteiger partial charge in [0.05, 0.1) is 18.1 Å². The molecule has 7 nitrogen and oxygen atoms in total. The summed E-state index contributed by atoms with van der Waals surface area (Å²) >= 11 is 3.27. The predicted molar refractivity (Wildman–Crippen MR) is 129 cm³/mol. The van der Waals surface area contributed by atoms with E-state index in [1.54, 1.807) is 28.7 Å². The topological polar surface area (TPSA) is 67.8 Å². The highest BCUT2D eigenvalue weighted by Gasteiger charge is 2.25. The van der Waals surface area contributed by atoms with Crippen LogP contribution in [0.4, 0.5) is 5.13 Å². The monoisotopic (exact) mass is 472 g/mol. The number of hydrogen-bond donors (Lipinski definition) is 0. The largest absolute Gasteiger partial charge is 0.490 e. The van der Waals surface area contributed by atoms with Crippen molar-refractivity contribution in [3.8, 4) is 21.4 Å². The maximum absolute atomic E-state index is 13.1. The Bertz CT molecular complexity index is 1010. The normalized spacial score (nSPS) is 13.9. The van der Waals surface area contributed by atoms with Crippen molar-refractivity contribution < 1.29 is 14.3 Å². The van der Waals surface area contributed by atoms with Crippen molar-refractivity contribution in [1.82, 2.24) is 15.1 Å². The maximum atomic E-state index is 13.1. The Morgan fingerprint density at radius 1 is 1.06 bits per heavy atom. The van der Waals surface area contributed by atoms with Crippen LogP contribution in [-0.4, -0.2) is 60.4 Å². The van der Waals surface area contributed by atoms with Gasteiger partial charge in [0.15, 0.2) is 16.5 Å². The van der Waals surface area contributed by atoms with Crippen molar-refractivity contribution in [2.75, 3.05) is 44.3 Å². The zero-order valence-corrected chi connectivity index (χ0v) is 20.1. The van der Waals surface area contributed by atoms with Crippen LogP contribution in [0.2, 0.25) is 0 Å². The molecule has 0 N–H and O–H groups in total. The molecule has 0 aliphatic carbocycles. The lowest BCUT2D eigenvalue weighted by Gasteiger charge is -2.34. The van der Waals surface area contributed by atoms with E-state index in [2.05, 4.69) is 28.1 Å². The highest BCUT2D eigenvalue weighted by Crippen LogP contribution is 2.32. The van der Waals surface area contributed by atoms with E-state index in [0.29, 0.717) is 43.4 Å². The molecule has 1 aliphatic heterocycles. The van der Waals surface area contributed by atoms with Gasteiger partial charge in [0.1, 0.15) is 0 Å². The summed E-state index contributed by atoms with van der Waals surface area (Å²) in [5.41, 5.74) is 0.626. The third-order valence-corrected chi connectivity index (χ3v) is 7.25. The first-order chi connectivity index (χ1) is 15.7. The molecule has 0 spiro atoms. The van der Waals surface area contributed by atoms with Crippen LogP contribution < -0.4 is 14.4 Å². The van der Waals surface area contributed by atoms with Crippen molar-refractivity contribution in [2.24, 2.45) is 0 Å². The maximum Gasteiger partial charge on any atom is 0.254 e. The smallest absolute Gasteiger partial charge is 0.254 e. The van der Waals surface area contributed by atoms with Crippen LogP contribution in [0.5, 0.6) is 11.5 Å². The van der Waals surface area contributed by atoms with E-state index in [4.69, 9.17) is 9.47 Å². The highest BCUT2D eigenvalue weighted by atomic mass is 32.1. The summed E-state index contributed by atoms with van der Waals surface area (Å²) in [4.78, 5) is 18.3. The quantitative estimate of drug-likeness (QED) is 0.417. The molecule has 170 valence electrons. The number of aromatic nitrogens is 2. The van der Waals surface area contributed by atoms with Gasteiger partial charge in [-0.1, -0.05) is 30.7 Å². The molecule has 4 rings (SSSR count). The fraction of sp³-hybridized carbons (Fsp3) is 0.435. The number of ether oxygens (including phenoxy) is 2. The summed E-state index contributed by atoms with van der Waals surface area (Å²) in [6, 6.07) is 9.56. The molecule has 0 bridgehead atoms. The Morgan fingerprint density at radius 3 is 2.62 bits per heavy atom. The zero-order valence-electron chi connectivity index (χ0n) is 18.5. The Morgan fingerprint density at radius 2 is 1.91 bits per heavy atom. The molecule has 1 aliphatic rings. The molecule has 32 heavy (non-hydrogen) atoms. The highest BCUT2D eigenvalue weighted by molar-refractivity contribution is 7.22. The van der Waals surface area contributed by atoms with E-state index in [0.717, 1.165) is 40.9 Å². The molecule has 1 saturated heterocycles. The fourth-order valence-corrected chi connectivity index (χ4v) is 5.17. The molecule has 3 heterocycles. The van der Waals surface area contributed by atoms with Gasteiger partial charge in [0, 0.05) is 31.7 Å². The number of nitrogens with zero attached hydrogens (tertiary/aromatic N) is 4. The average molecular weight is 473 g/mol. The molecular formula is C23H28N4O3S2. The van der Waals surface area contributed by atoms with E-state index in [1.807, 2.05) is 35.4 Å². The van der Waals surface area contributed by atoms with Gasteiger partial charge in [0.2, 0.25) is 5.13 Å². The van der Waals surface area contributed by atoms with Gasteiger partial charge in [-0.15, -0.1) is 21.5 Å². The van der Waals surface area contributed by atoms with Crippen molar-refractivity contribution in [3.05, 3.63) is 41.3 Å². The van der Waals surface area contributed by atoms with E-state index in [1.165, 1.54) is 0 Å². The van der Waals surface area contributed by atoms with E-state index >= 15 is 0 Å². The van der Waals surface area contributed by atoms with Gasteiger partial charge in [-0.3, -0.25) is 4.79 Å². The summed E-state index contributed by atoms with van der Waals surface area (Å²) < 4.78 is 11.6. The van der Waals surface area contributed by atoms with Crippen LogP contribution in [0, 0.1) is 0 Å². The van der Waals surface area contributed by atoms with Gasteiger partial charge in [-0.2, -0.15) is 0 Å². The Balaban J connectivity index is 1.38. The summed E-state index contributed by atoms with van der Waals surface area (Å²) in [5.74, 6) is 1.34. The molecular weight excluding hydrogens is 444 g/mol. The van der Waals surface area contributed by atoms with Gasteiger partial charge in [-0.05, 0) is 43.0 Å². The van der Waals surface area contributed by atoms with Crippen LogP contribution >= 0.6 is 22.7 Å². The van der Waals surface area contributed by atoms with Crippen LogP contribution in [0.15, 0.2) is 35.7 Å². The lowest BCUT2D eigenvalue weighted by molar-refractivity contribution is 0.0746. The van der Waals surface area contributed by atoms with E-state index < -0.39 is 0 Å². The molecule has 2 aromatic heterocycles. The standard InChI is InChI=1S/C23H28N4O3S2/c1-3-5-14-30-18-9-8-17(16-19(18)29-4-2)22(28)26-10-12-27(13-11-26)23-25-24-21(32-23)20-7-6-15-31-20/h6-9,15-16H,3-5,10-14H2,1-2H3. The molecule has 0 atom stereocenters. The second-order valence-corrected chi connectivity index (χ2v) is 9.35. The van der Waals surface area contributed by atoms with Crippen molar-refractivity contribution in [1.29, 1.82) is 0 Å². The van der Waals surface area contributed by atoms with Crippen LogP contribution in [-0.2, 0) is 0 Å². The average Bonchev–Trinajstić information content (AvgIpc) is 3.52. The van der Waals surface area contributed by atoms with Gasteiger partial charge in [0.25, 0.3) is 5.91 Å².